The summed E-state index contributed by atoms with van der Waals surface area (Å²) in [5.41, 5.74) is 0.764. The van der Waals surface area contributed by atoms with Gasteiger partial charge in [0.05, 0.1) is 11.6 Å². The van der Waals surface area contributed by atoms with Gasteiger partial charge in [-0.2, -0.15) is 15.1 Å². The van der Waals surface area contributed by atoms with Crippen molar-refractivity contribution in [2.24, 2.45) is 0 Å². The number of aromatic amines is 1. The molecular weight excluding hydrogens is 266 g/mol. The second-order valence-electron chi connectivity index (χ2n) is 5.54. The van der Waals surface area contributed by atoms with Crippen molar-refractivity contribution >= 4 is 22.8 Å². The summed E-state index contributed by atoms with van der Waals surface area (Å²) in [4.78, 5) is 11.4. The van der Waals surface area contributed by atoms with Crippen molar-refractivity contribution in [3.63, 3.8) is 0 Å². The highest BCUT2D eigenvalue weighted by molar-refractivity contribution is 5.87. The molecular formula is C14H23N7. The molecule has 0 amide bonds. The van der Waals surface area contributed by atoms with Crippen molar-refractivity contribution < 1.29 is 0 Å². The molecule has 0 aliphatic carbocycles. The first kappa shape index (κ1) is 14.1. The molecule has 0 bridgehead atoms. The average Bonchev–Trinajstić information content (AvgIpc) is 2.98. The highest BCUT2D eigenvalue weighted by Gasteiger charge is 2.20. The Balaban J connectivity index is 1.72. The van der Waals surface area contributed by atoms with Gasteiger partial charge in [-0.25, -0.2) is 0 Å². The van der Waals surface area contributed by atoms with Gasteiger partial charge >= 0.3 is 0 Å². The zero-order chi connectivity index (χ0) is 14.7. The van der Waals surface area contributed by atoms with Gasteiger partial charge in [0, 0.05) is 26.2 Å². The number of piperidine rings is 1. The third-order valence-electron chi connectivity index (χ3n) is 4.00. The number of hydrogen-bond donors (Lipinski definition) is 3. The van der Waals surface area contributed by atoms with Crippen LogP contribution in [0.15, 0.2) is 6.20 Å². The van der Waals surface area contributed by atoms with Crippen LogP contribution in [0, 0.1) is 0 Å². The molecule has 21 heavy (non-hydrogen) atoms. The first-order valence-corrected chi connectivity index (χ1v) is 7.68. The second-order valence-corrected chi connectivity index (χ2v) is 5.54. The fraction of sp³-hybridized carbons (Fsp3) is 0.643. The molecule has 3 heterocycles. The van der Waals surface area contributed by atoms with E-state index >= 15 is 0 Å². The van der Waals surface area contributed by atoms with Gasteiger partial charge in [0.25, 0.3) is 0 Å². The van der Waals surface area contributed by atoms with Crippen molar-refractivity contribution in [1.29, 1.82) is 0 Å². The SMILES string of the molecule is CCCN1CCC(Nc2nc(NC)nc3[nH]ncc23)CC1. The summed E-state index contributed by atoms with van der Waals surface area (Å²) in [6.45, 7) is 5.75. The van der Waals surface area contributed by atoms with Gasteiger partial charge in [-0.15, -0.1) is 0 Å². The molecule has 7 nitrogen and oxygen atoms in total. The molecule has 3 N–H and O–H groups in total. The quantitative estimate of drug-likeness (QED) is 0.777. The van der Waals surface area contributed by atoms with Crippen LogP contribution in [0.4, 0.5) is 11.8 Å². The van der Waals surface area contributed by atoms with Gasteiger partial charge < -0.3 is 15.5 Å². The van der Waals surface area contributed by atoms with E-state index in [0.29, 0.717) is 12.0 Å². The van der Waals surface area contributed by atoms with Crippen molar-refractivity contribution in [3.8, 4) is 0 Å². The Morgan fingerprint density at radius 3 is 2.86 bits per heavy atom. The van der Waals surface area contributed by atoms with Crippen LogP contribution in [0.3, 0.4) is 0 Å². The number of aromatic nitrogens is 4. The lowest BCUT2D eigenvalue weighted by Crippen LogP contribution is -2.39. The van der Waals surface area contributed by atoms with Crippen molar-refractivity contribution in [3.05, 3.63) is 6.20 Å². The van der Waals surface area contributed by atoms with Crippen LogP contribution in [0.5, 0.6) is 0 Å². The molecule has 7 heteroatoms. The Bertz CT molecular complexity index is 586. The molecule has 0 spiro atoms. The van der Waals surface area contributed by atoms with Gasteiger partial charge in [0.2, 0.25) is 5.95 Å². The molecule has 1 aliphatic rings. The monoisotopic (exact) mass is 289 g/mol. The molecule has 2 aromatic rings. The molecule has 1 aliphatic heterocycles. The van der Waals surface area contributed by atoms with E-state index in [1.807, 2.05) is 7.05 Å². The van der Waals surface area contributed by atoms with Gasteiger partial charge in [-0.3, -0.25) is 5.10 Å². The van der Waals surface area contributed by atoms with Crippen molar-refractivity contribution in [2.45, 2.75) is 32.2 Å². The molecule has 2 aromatic heterocycles. The number of nitrogens with zero attached hydrogens (tertiary/aromatic N) is 4. The Morgan fingerprint density at radius 1 is 1.33 bits per heavy atom. The van der Waals surface area contributed by atoms with Crippen LogP contribution in [-0.4, -0.2) is 57.8 Å². The summed E-state index contributed by atoms with van der Waals surface area (Å²) in [5.74, 6) is 1.48. The molecule has 1 saturated heterocycles. The van der Waals surface area contributed by atoms with Crippen molar-refractivity contribution in [2.75, 3.05) is 37.3 Å². The fourth-order valence-corrected chi connectivity index (χ4v) is 2.87. The van der Waals surface area contributed by atoms with Gasteiger partial charge in [0.1, 0.15) is 5.82 Å². The third kappa shape index (κ3) is 3.07. The first-order chi connectivity index (χ1) is 10.3. The number of nitrogens with one attached hydrogen (secondary N) is 3. The van der Waals surface area contributed by atoms with Crippen LogP contribution in [-0.2, 0) is 0 Å². The van der Waals surface area contributed by atoms with E-state index in [1.54, 1.807) is 6.20 Å². The third-order valence-corrected chi connectivity index (χ3v) is 4.00. The van der Waals surface area contributed by atoms with Crippen LogP contribution in [0.1, 0.15) is 26.2 Å². The topological polar surface area (TPSA) is 81.8 Å². The number of likely N-dealkylation sites (tertiary alicyclic amines) is 1. The van der Waals surface area contributed by atoms with Crippen LogP contribution in [0.2, 0.25) is 0 Å². The largest absolute Gasteiger partial charge is 0.366 e. The van der Waals surface area contributed by atoms with Crippen LogP contribution < -0.4 is 10.6 Å². The van der Waals surface area contributed by atoms with Gasteiger partial charge in [0.15, 0.2) is 5.65 Å². The molecule has 0 unspecified atom stereocenters. The molecule has 0 saturated carbocycles. The summed E-state index contributed by atoms with van der Waals surface area (Å²) in [7, 11) is 1.82. The molecule has 0 radical (unpaired) electrons. The van der Waals surface area contributed by atoms with E-state index in [4.69, 9.17) is 0 Å². The van der Waals surface area contributed by atoms with Crippen LogP contribution >= 0.6 is 0 Å². The Hall–Kier alpha value is -1.89. The maximum Gasteiger partial charge on any atom is 0.226 e. The molecule has 1 fully saturated rings. The van der Waals surface area contributed by atoms with E-state index in [2.05, 4.69) is 42.6 Å². The van der Waals surface area contributed by atoms with Gasteiger partial charge in [-0.1, -0.05) is 6.92 Å². The van der Waals surface area contributed by atoms with E-state index in [-0.39, 0.29) is 0 Å². The predicted molar refractivity (Wildman–Crippen MR) is 84.6 cm³/mol. The van der Waals surface area contributed by atoms with Crippen molar-refractivity contribution in [1.82, 2.24) is 25.1 Å². The molecule has 3 rings (SSSR count). The van der Waals surface area contributed by atoms with Gasteiger partial charge in [-0.05, 0) is 25.8 Å². The zero-order valence-corrected chi connectivity index (χ0v) is 12.7. The lowest BCUT2D eigenvalue weighted by atomic mass is 10.0. The summed E-state index contributed by atoms with van der Waals surface area (Å²) >= 11 is 0. The van der Waals surface area contributed by atoms with E-state index in [1.165, 1.54) is 13.0 Å². The molecule has 114 valence electrons. The minimum atomic E-state index is 0.468. The minimum absolute atomic E-state index is 0.468. The highest BCUT2D eigenvalue weighted by Crippen LogP contribution is 2.23. The normalized spacial score (nSPS) is 17.2. The smallest absolute Gasteiger partial charge is 0.226 e. The predicted octanol–water partition coefficient (Wildman–Crippen LogP) is 1.68. The maximum absolute atomic E-state index is 4.53. The standard InChI is InChI=1S/C14H23N7/c1-3-6-21-7-4-10(5-8-21)17-12-11-9-16-20-13(11)19-14(15-2)18-12/h9-10H,3-8H2,1-2H3,(H3,15,16,17,18,19,20). The molecule has 0 aromatic carbocycles. The Morgan fingerprint density at radius 2 is 2.14 bits per heavy atom. The van der Waals surface area contributed by atoms with E-state index < -0.39 is 0 Å². The highest BCUT2D eigenvalue weighted by atomic mass is 15.2. The number of anilines is 2. The van der Waals surface area contributed by atoms with E-state index in [9.17, 15) is 0 Å². The number of rotatable bonds is 5. The first-order valence-electron chi connectivity index (χ1n) is 7.68. The molecule has 0 atom stereocenters. The summed E-state index contributed by atoms with van der Waals surface area (Å²) in [5, 5.41) is 14.5. The average molecular weight is 289 g/mol. The Kier molecular flexibility index (Phi) is 4.19. The maximum atomic E-state index is 4.53. The Labute approximate surface area is 124 Å². The lowest BCUT2D eigenvalue weighted by molar-refractivity contribution is 0.219. The summed E-state index contributed by atoms with van der Waals surface area (Å²) in [6, 6.07) is 0.468. The number of H-pyrrole nitrogens is 1. The second kappa shape index (κ2) is 6.26. The van der Waals surface area contributed by atoms with Crippen LogP contribution in [0.25, 0.3) is 11.0 Å². The fourth-order valence-electron chi connectivity index (χ4n) is 2.87. The zero-order valence-electron chi connectivity index (χ0n) is 12.7. The van der Waals surface area contributed by atoms with E-state index in [0.717, 1.165) is 42.8 Å². The summed E-state index contributed by atoms with van der Waals surface area (Å²) < 4.78 is 0. The number of hydrogen-bond acceptors (Lipinski definition) is 6. The number of fused-ring (bicyclic) bond motifs is 1. The minimum Gasteiger partial charge on any atom is -0.366 e. The summed E-state index contributed by atoms with van der Waals surface area (Å²) in [6.07, 6.45) is 5.31. The lowest BCUT2D eigenvalue weighted by Gasteiger charge is -2.32.